The first-order valence-electron chi connectivity index (χ1n) is 6.63. The topological polar surface area (TPSA) is 55.1 Å². The van der Waals surface area contributed by atoms with Gasteiger partial charge in [0.1, 0.15) is 0 Å². The summed E-state index contributed by atoms with van der Waals surface area (Å²) >= 11 is 0. The number of carbonyl (C=O) groups excluding carboxylic acids is 1. The Labute approximate surface area is 115 Å². The highest BCUT2D eigenvalue weighted by Gasteiger charge is 2.28. The molecule has 0 radical (unpaired) electrons. The predicted octanol–water partition coefficient (Wildman–Crippen LogP) is 2.50. The second-order valence-electron chi connectivity index (χ2n) is 5.36. The summed E-state index contributed by atoms with van der Waals surface area (Å²) in [4.78, 5) is 11.8. The van der Waals surface area contributed by atoms with Crippen molar-refractivity contribution in [2.45, 2.75) is 37.6 Å². The molecule has 1 aromatic carbocycles. The molecule has 1 aliphatic rings. The van der Waals surface area contributed by atoms with Gasteiger partial charge >= 0.3 is 0 Å². The molecular formula is C14H17F3N2O. The monoisotopic (exact) mass is 286 g/mol. The van der Waals surface area contributed by atoms with Crippen molar-refractivity contribution in [3.05, 3.63) is 35.1 Å². The van der Waals surface area contributed by atoms with Crippen molar-refractivity contribution < 1.29 is 18.0 Å². The van der Waals surface area contributed by atoms with Crippen LogP contribution in [0.5, 0.6) is 0 Å². The lowest BCUT2D eigenvalue weighted by Gasteiger charge is -2.33. The number of amides is 1. The lowest BCUT2D eigenvalue weighted by atomic mass is 9.82. The average molecular weight is 286 g/mol. The van der Waals surface area contributed by atoms with E-state index in [2.05, 4.69) is 5.32 Å². The number of hydrogen-bond acceptors (Lipinski definition) is 2. The van der Waals surface area contributed by atoms with Crippen LogP contribution in [-0.2, 0) is 0 Å². The molecule has 1 fully saturated rings. The van der Waals surface area contributed by atoms with Crippen LogP contribution in [0.15, 0.2) is 12.1 Å². The van der Waals surface area contributed by atoms with Crippen LogP contribution in [0.25, 0.3) is 0 Å². The van der Waals surface area contributed by atoms with Gasteiger partial charge in [-0.05, 0) is 25.0 Å². The van der Waals surface area contributed by atoms with E-state index in [0.29, 0.717) is 12.1 Å². The quantitative estimate of drug-likeness (QED) is 0.839. The van der Waals surface area contributed by atoms with Gasteiger partial charge < -0.3 is 11.1 Å². The van der Waals surface area contributed by atoms with E-state index in [1.54, 1.807) is 0 Å². The van der Waals surface area contributed by atoms with Crippen LogP contribution in [0, 0.1) is 17.5 Å². The van der Waals surface area contributed by atoms with E-state index < -0.39 is 28.9 Å². The third kappa shape index (κ3) is 3.30. The Hall–Kier alpha value is -1.56. The highest BCUT2D eigenvalue weighted by molar-refractivity contribution is 5.94. The van der Waals surface area contributed by atoms with Gasteiger partial charge in [-0.1, -0.05) is 19.3 Å². The minimum absolute atomic E-state index is 0.243. The van der Waals surface area contributed by atoms with Crippen molar-refractivity contribution in [3.8, 4) is 0 Å². The standard InChI is InChI=1S/C14H17F3N2O/c15-10-6-9(7-11(16)12(10)17)13(20)19-8-14(18)4-2-1-3-5-14/h6-7H,1-5,8,18H2,(H,19,20). The molecule has 6 heteroatoms. The maximum absolute atomic E-state index is 13.1. The zero-order valence-electron chi connectivity index (χ0n) is 11.0. The van der Waals surface area contributed by atoms with Crippen molar-refractivity contribution in [2.24, 2.45) is 5.73 Å². The van der Waals surface area contributed by atoms with E-state index in [4.69, 9.17) is 5.73 Å². The molecule has 3 N–H and O–H groups in total. The van der Waals surface area contributed by atoms with Gasteiger partial charge in [0.25, 0.3) is 5.91 Å². The van der Waals surface area contributed by atoms with Crippen LogP contribution < -0.4 is 11.1 Å². The molecule has 1 amide bonds. The number of carbonyl (C=O) groups is 1. The summed E-state index contributed by atoms with van der Waals surface area (Å²) < 4.78 is 38.9. The molecular weight excluding hydrogens is 269 g/mol. The fourth-order valence-corrected chi connectivity index (χ4v) is 2.48. The minimum Gasteiger partial charge on any atom is -0.350 e. The van der Waals surface area contributed by atoms with Crippen LogP contribution >= 0.6 is 0 Å². The summed E-state index contributed by atoms with van der Waals surface area (Å²) in [7, 11) is 0. The van der Waals surface area contributed by atoms with Crippen molar-refractivity contribution in [3.63, 3.8) is 0 Å². The number of benzene rings is 1. The van der Waals surface area contributed by atoms with Crippen molar-refractivity contribution in [2.75, 3.05) is 6.54 Å². The molecule has 3 nitrogen and oxygen atoms in total. The number of nitrogens with two attached hydrogens (primary N) is 1. The Balaban J connectivity index is 2.01. The average Bonchev–Trinajstić information content (AvgIpc) is 2.42. The molecule has 20 heavy (non-hydrogen) atoms. The molecule has 1 aromatic rings. The van der Waals surface area contributed by atoms with Crippen LogP contribution in [0.2, 0.25) is 0 Å². The molecule has 0 spiro atoms. The van der Waals surface area contributed by atoms with Crippen LogP contribution in [-0.4, -0.2) is 18.0 Å². The second kappa shape index (κ2) is 5.83. The first-order chi connectivity index (χ1) is 9.41. The molecule has 0 heterocycles. The highest BCUT2D eigenvalue weighted by Crippen LogP contribution is 2.25. The van der Waals surface area contributed by atoms with E-state index in [0.717, 1.165) is 32.1 Å². The summed E-state index contributed by atoms with van der Waals surface area (Å²) in [5, 5.41) is 2.56. The minimum atomic E-state index is -1.58. The van der Waals surface area contributed by atoms with Crippen molar-refractivity contribution in [1.29, 1.82) is 0 Å². The Morgan fingerprint density at radius 2 is 1.70 bits per heavy atom. The predicted molar refractivity (Wildman–Crippen MR) is 68.7 cm³/mol. The van der Waals surface area contributed by atoms with Gasteiger partial charge in [-0.25, -0.2) is 13.2 Å². The van der Waals surface area contributed by atoms with Crippen LogP contribution in [0.4, 0.5) is 13.2 Å². The molecule has 0 bridgehead atoms. The molecule has 0 aliphatic heterocycles. The fourth-order valence-electron chi connectivity index (χ4n) is 2.48. The summed E-state index contributed by atoms with van der Waals surface area (Å²) in [5.74, 6) is -4.99. The van der Waals surface area contributed by atoms with Gasteiger partial charge in [0.2, 0.25) is 0 Å². The number of rotatable bonds is 3. The molecule has 0 saturated heterocycles. The Kier molecular flexibility index (Phi) is 4.32. The smallest absolute Gasteiger partial charge is 0.251 e. The van der Waals surface area contributed by atoms with Gasteiger partial charge in [-0.15, -0.1) is 0 Å². The summed E-state index contributed by atoms with van der Waals surface area (Å²) in [5.41, 5.74) is 5.43. The molecule has 110 valence electrons. The van der Waals surface area contributed by atoms with Crippen molar-refractivity contribution >= 4 is 5.91 Å². The van der Waals surface area contributed by atoms with E-state index in [1.165, 1.54) is 0 Å². The number of nitrogens with one attached hydrogen (secondary N) is 1. The van der Waals surface area contributed by atoms with Crippen LogP contribution in [0.3, 0.4) is 0 Å². The first kappa shape index (κ1) is 14.8. The zero-order valence-corrected chi connectivity index (χ0v) is 11.0. The number of halogens is 3. The van der Waals surface area contributed by atoms with Gasteiger partial charge in [0, 0.05) is 17.6 Å². The lowest BCUT2D eigenvalue weighted by molar-refractivity contribution is 0.0936. The van der Waals surface area contributed by atoms with Crippen LogP contribution in [0.1, 0.15) is 42.5 Å². The normalized spacial score (nSPS) is 17.8. The molecule has 2 rings (SSSR count). The Bertz CT molecular complexity index is 490. The second-order valence-corrected chi connectivity index (χ2v) is 5.36. The molecule has 1 saturated carbocycles. The molecule has 0 atom stereocenters. The first-order valence-corrected chi connectivity index (χ1v) is 6.63. The molecule has 0 aromatic heterocycles. The van der Waals surface area contributed by atoms with E-state index in [1.807, 2.05) is 0 Å². The Morgan fingerprint density at radius 3 is 2.25 bits per heavy atom. The number of hydrogen-bond donors (Lipinski definition) is 2. The van der Waals surface area contributed by atoms with Gasteiger partial charge in [-0.3, -0.25) is 4.79 Å². The molecule has 0 unspecified atom stereocenters. The van der Waals surface area contributed by atoms with Crippen molar-refractivity contribution in [1.82, 2.24) is 5.32 Å². The zero-order chi connectivity index (χ0) is 14.8. The SMILES string of the molecule is NC1(CNC(=O)c2cc(F)c(F)c(F)c2)CCCCC1. The summed E-state index contributed by atoms with van der Waals surface area (Å²) in [6.07, 6.45) is 4.75. The van der Waals surface area contributed by atoms with E-state index in [9.17, 15) is 18.0 Å². The van der Waals surface area contributed by atoms with E-state index >= 15 is 0 Å². The fraction of sp³-hybridized carbons (Fsp3) is 0.500. The Morgan fingerprint density at radius 1 is 1.15 bits per heavy atom. The third-order valence-corrected chi connectivity index (χ3v) is 3.70. The maximum Gasteiger partial charge on any atom is 0.251 e. The van der Waals surface area contributed by atoms with Gasteiger partial charge in [0.15, 0.2) is 17.5 Å². The van der Waals surface area contributed by atoms with E-state index in [-0.39, 0.29) is 12.1 Å². The van der Waals surface area contributed by atoms with Gasteiger partial charge in [0.05, 0.1) is 0 Å². The third-order valence-electron chi connectivity index (χ3n) is 3.70. The summed E-state index contributed by atoms with van der Waals surface area (Å²) in [6.45, 7) is 0.243. The largest absolute Gasteiger partial charge is 0.350 e. The molecule has 1 aliphatic carbocycles. The van der Waals surface area contributed by atoms with Gasteiger partial charge in [-0.2, -0.15) is 0 Å². The highest BCUT2D eigenvalue weighted by atomic mass is 19.2. The lowest BCUT2D eigenvalue weighted by Crippen LogP contribution is -2.51. The summed E-state index contributed by atoms with van der Waals surface area (Å²) in [6, 6.07) is 1.36. The maximum atomic E-state index is 13.1.